The second kappa shape index (κ2) is 4.61. The molecular formula is C15H19NO5. The van der Waals surface area contributed by atoms with Gasteiger partial charge >= 0.3 is 0 Å². The van der Waals surface area contributed by atoms with Gasteiger partial charge in [-0.25, -0.2) is 0 Å². The van der Waals surface area contributed by atoms with Crippen molar-refractivity contribution in [2.45, 2.75) is 44.3 Å². The Morgan fingerprint density at radius 1 is 1.48 bits per heavy atom. The van der Waals surface area contributed by atoms with E-state index in [-0.39, 0.29) is 11.7 Å². The van der Waals surface area contributed by atoms with Crippen LogP contribution in [0.1, 0.15) is 25.8 Å². The van der Waals surface area contributed by atoms with Crippen molar-refractivity contribution >= 4 is 5.91 Å². The minimum absolute atomic E-state index is 0.0786. The molecule has 0 radical (unpaired) electrons. The van der Waals surface area contributed by atoms with Crippen molar-refractivity contribution in [1.82, 2.24) is 4.90 Å². The number of phenolic OH excluding ortho intramolecular Hbond substituents is 1. The molecule has 6 heteroatoms. The Hall–Kier alpha value is -1.79. The molecule has 3 rings (SSSR count). The van der Waals surface area contributed by atoms with Crippen molar-refractivity contribution < 1.29 is 24.5 Å². The molecular weight excluding hydrogens is 274 g/mol. The molecule has 4 atom stereocenters. The van der Waals surface area contributed by atoms with Crippen molar-refractivity contribution in [3.8, 4) is 11.5 Å². The summed E-state index contributed by atoms with van der Waals surface area (Å²) in [5.41, 5.74) is -0.434. The number of aromatic hydroxyl groups is 1. The lowest BCUT2D eigenvalue weighted by Gasteiger charge is -2.51. The van der Waals surface area contributed by atoms with Gasteiger partial charge in [0.15, 0.2) is 0 Å². The Labute approximate surface area is 122 Å². The predicted octanol–water partition coefficient (Wildman–Crippen LogP) is 0.954. The zero-order valence-electron chi connectivity index (χ0n) is 12.2. The molecule has 1 aromatic rings. The largest absolute Gasteiger partial charge is 0.508 e. The fourth-order valence-corrected chi connectivity index (χ4v) is 3.13. The lowest BCUT2D eigenvalue weighted by Crippen LogP contribution is -2.62. The number of phenols is 1. The molecule has 0 saturated carbocycles. The first-order valence-electron chi connectivity index (χ1n) is 6.92. The number of fused-ring (bicyclic) bond motifs is 4. The molecule has 0 aliphatic carbocycles. The van der Waals surface area contributed by atoms with Crippen LogP contribution in [0.3, 0.4) is 0 Å². The maximum Gasteiger partial charge on any atom is 0.219 e. The molecule has 1 saturated heterocycles. The van der Waals surface area contributed by atoms with Crippen LogP contribution in [0.5, 0.6) is 11.5 Å². The lowest BCUT2D eigenvalue weighted by molar-refractivity contribution is -0.273. The third-order valence-corrected chi connectivity index (χ3v) is 4.49. The maximum atomic E-state index is 11.6. The molecule has 2 aliphatic heterocycles. The summed E-state index contributed by atoms with van der Waals surface area (Å²) in [5, 5.41) is 20.4. The molecule has 6 nitrogen and oxygen atoms in total. The van der Waals surface area contributed by atoms with Crippen LogP contribution in [0.4, 0.5) is 0 Å². The second-order valence-electron chi connectivity index (χ2n) is 5.83. The van der Waals surface area contributed by atoms with Gasteiger partial charge in [-0.15, -0.1) is 0 Å². The SMILES string of the molecule is CC(=O)N(C)C1CC2Oc3ccc(O)cc3C(C)(O2)C1O. The average molecular weight is 293 g/mol. The summed E-state index contributed by atoms with van der Waals surface area (Å²) in [4.78, 5) is 13.1. The molecule has 1 amide bonds. The van der Waals surface area contributed by atoms with E-state index >= 15 is 0 Å². The highest BCUT2D eigenvalue weighted by Crippen LogP contribution is 2.48. The van der Waals surface area contributed by atoms with E-state index in [0.717, 1.165) is 0 Å². The smallest absolute Gasteiger partial charge is 0.219 e. The van der Waals surface area contributed by atoms with E-state index in [2.05, 4.69) is 0 Å². The van der Waals surface area contributed by atoms with Gasteiger partial charge in [0.2, 0.25) is 12.2 Å². The zero-order valence-corrected chi connectivity index (χ0v) is 12.2. The van der Waals surface area contributed by atoms with Crippen LogP contribution in [0.25, 0.3) is 0 Å². The number of ether oxygens (including phenoxy) is 2. The van der Waals surface area contributed by atoms with Crippen LogP contribution in [0, 0.1) is 0 Å². The van der Waals surface area contributed by atoms with Crippen LogP contribution in [-0.4, -0.2) is 46.5 Å². The van der Waals surface area contributed by atoms with Crippen LogP contribution < -0.4 is 4.74 Å². The van der Waals surface area contributed by atoms with E-state index in [0.29, 0.717) is 17.7 Å². The molecule has 4 unspecified atom stereocenters. The van der Waals surface area contributed by atoms with Crippen molar-refractivity contribution in [3.63, 3.8) is 0 Å². The van der Waals surface area contributed by atoms with E-state index in [1.54, 1.807) is 20.0 Å². The average Bonchev–Trinajstić information content (AvgIpc) is 2.43. The van der Waals surface area contributed by atoms with E-state index in [9.17, 15) is 15.0 Å². The first kappa shape index (κ1) is 14.2. The number of hydrogen-bond donors (Lipinski definition) is 2. The number of likely N-dealkylation sites (N-methyl/N-ethyl adjacent to an activating group) is 1. The van der Waals surface area contributed by atoms with Crippen LogP contribution in [0.15, 0.2) is 18.2 Å². The van der Waals surface area contributed by atoms with Crippen molar-refractivity contribution in [1.29, 1.82) is 0 Å². The highest BCUT2D eigenvalue weighted by Gasteiger charge is 2.53. The van der Waals surface area contributed by atoms with Crippen molar-refractivity contribution in [2.75, 3.05) is 7.05 Å². The van der Waals surface area contributed by atoms with Crippen molar-refractivity contribution in [2.24, 2.45) is 0 Å². The summed E-state index contributed by atoms with van der Waals surface area (Å²) in [6.07, 6.45) is -1.04. The third-order valence-electron chi connectivity index (χ3n) is 4.49. The van der Waals surface area contributed by atoms with Gasteiger partial charge < -0.3 is 24.6 Å². The first-order chi connectivity index (χ1) is 9.83. The number of rotatable bonds is 1. The minimum atomic E-state index is -1.02. The summed E-state index contributed by atoms with van der Waals surface area (Å²) in [7, 11) is 1.66. The van der Waals surface area contributed by atoms with Gasteiger partial charge in [0.05, 0.1) is 6.04 Å². The van der Waals surface area contributed by atoms with Gasteiger partial charge in [0.25, 0.3) is 0 Å². The number of aliphatic hydroxyl groups excluding tert-OH is 1. The Bertz CT molecular complexity index is 589. The van der Waals surface area contributed by atoms with Crippen LogP contribution in [-0.2, 0) is 15.1 Å². The molecule has 2 bridgehead atoms. The summed E-state index contributed by atoms with van der Waals surface area (Å²) in [6.45, 7) is 3.21. The van der Waals surface area contributed by atoms with Crippen LogP contribution >= 0.6 is 0 Å². The molecule has 0 spiro atoms. The number of benzene rings is 1. The Balaban J connectivity index is 2.05. The number of nitrogens with zero attached hydrogens (tertiary/aromatic N) is 1. The number of hydrogen-bond acceptors (Lipinski definition) is 5. The van der Waals surface area contributed by atoms with Gasteiger partial charge in [0.1, 0.15) is 23.2 Å². The van der Waals surface area contributed by atoms with E-state index in [4.69, 9.17) is 9.47 Å². The molecule has 21 heavy (non-hydrogen) atoms. The van der Waals surface area contributed by atoms with Gasteiger partial charge in [-0.3, -0.25) is 4.79 Å². The molecule has 2 aliphatic rings. The fraction of sp³-hybridized carbons (Fsp3) is 0.533. The normalized spacial score (nSPS) is 33.8. The van der Waals surface area contributed by atoms with Gasteiger partial charge in [-0.1, -0.05) is 0 Å². The Kier molecular flexibility index (Phi) is 3.11. The first-order valence-corrected chi connectivity index (χ1v) is 6.92. The summed E-state index contributed by atoms with van der Waals surface area (Å²) < 4.78 is 11.6. The molecule has 2 heterocycles. The standard InChI is InChI=1S/C15H19NO5/c1-8(17)16(3)11-7-13-20-12-5-4-9(18)6-10(12)15(2,21-13)14(11)19/h4-6,11,13-14,18-19H,7H2,1-3H3. The monoisotopic (exact) mass is 293 g/mol. The summed E-state index contributed by atoms with van der Waals surface area (Å²) in [6, 6.07) is 4.33. The van der Waals surface area contributed by atoms with E-state index in [1.807, 2.05) is 0 Å². The number of carbonyl (C=O) groups excluding carboxylic acids is 1. The van der Waals surface area contributed by atoms with Crippen molar-refractivity contribution in [3.05, 3.63) is 23.8 Å². The number of carbonyl (C=O) groups is 1. The van der Waals surface area contributed by atoms with Crippen LogP contribution in [0.2, 0.25) is 0 Å². The Morgan fingerprint density at radius 3 is 2.86 bits per heavy atom. The topological polar surface area (TPSA) is 79.2 Å². The Morgan fingerprint density at radius 2 is 2.19 bits per heavy atom. The quantitative estimate of drug-likeness (QED) is 0.806. The number of amides is 1. The highest BCUT2D eigenvalue weighted by molar-refractivity contribution is 5.73. The molecule has 1 fully saturated rings. The predicted molar refractivity (Wildman–Crippen MR) is 73.8 cm³/mol. The molecule has 0 aromatic heterocycles. The van der Waals surface area contributed by atoms with Gasteiger partial charge in [-0.2, -0.15) is 0 Å². The second-order valence-corrected chi connectivity index (χ2v) is 5.83. The van der Waals surface area contributed by atoms with E-state index < -0.39 is 24.0 Å². The zero-order chi connectivity index (χ0) is 15.4. The summed E-state index contributed by atoms with van der Waals surface area (Å²) in [5.74, 6) is 0.545. The lowest BCUT2D eigenvalue weighted by atomic mass is 9.80. The maximum absolute atomic E-state index is 11.6. The third kappa shape index (κ3) is 2.06. The van der Waals surface area contributed by atoms with Gasteiger partial charge in [-0.05, 0) is 25.1 Å². The highest BCUT2D eigenvalue weighted by atomic mass is 16.7. The molecule has 2 N–H and O–H groups in total. The minimum Gasteiger partial charge on any atom is -0.508 e. The van der Waals surface area contributed by atoms with E-state index in [1.165, 1.54) is 24.0 Å². The number of aliphatic hydroxyl groups is 1. The fourth-order valence-electron chi connectivity index (χ4n) is 3.13. The molecule has 1 aromatic carbocycles. The van der Waals surface area contributed by atoms with Gasteiger partial charge in [0, 0.05) is 26.0 Å². The summed E-state index contributed by atoms with van der Waals surface area (Å²) >= 11 is 0. The molecule has 114 valence electrons.